The molecule has 0 aromatic heterocycles. The van der Waals surface area contributed by atoms with E-state index in [-0.39, 0.29) is 29.2 Å². The summed E-state index contributed by atoms with van der Waals surface area (Å²) in [5.41, 5.74) is 6.38. The highest BCUT2D eigenvalue weighted by Gasteiger charge is 2.07. The largest absolute Gasteiger partial charge is 0.487 e. The van der Waals surface area contributed by atoms with E-state index >= 15 is 0 Å². The van der Waals surface area contributed by atoms with Gasteiger partial charge in [0.1, 0.15) is 24.0 Å². The summed E-state index contributed by atoms with van der Waals surface area (Å²) in [4.78, 5) is 0. The Labute approximate surface area is 108 Å². The van der Waals surface area contributed by atoms with Gasteiger partial charge < -0.3 is 10.5 Å². The molecular formula is C14H10F2N2O. The van der Waals surface area contributed by atoms with Crippen LogP contribution in [0.5, 0.6) is 5.75 Å². The van der Waals surface area contributed by atoms with Gasteiger partial charge in [-0.1, -0.05) is 6.07 Å². The van der Waals surface area contributed by atoms with Crippen molar-refractivity contribution in [1.29, 1.82) is 5.26 Å². The molecule has 2 rings (SSSR count). The molecule has 0 unspecified atom stereocenters. The zero-order valence-corrected chi connectivity index (χ0v) is 9.86. The fourth-order valence-electron chi connectivity index (χ4n) is 1.52. The van der Waals surface area contributed by atoms with Crippen molar-refractivity contribution in [1.82, 2.24) is 0 Å². The Hall–Kier alpha value is -2.61. The van der Waals surface area contributed by atoms with Crippen molar-refractivity contribution >= 4 is 5.69 Å². The molecular weight excluding hydrogens is 250 g/mol. The highest BCUT2D eigenvalue weighted by atomic mass is 19.1. The average Bonchev–Trinajstić information content (AvgIpc) is 2.40. The second-order valence-corrected chi connectivity index (χ2v) is 3.89. The fourth-order valence-corrected chi connectivity index (χ4v) is 1.52. The maximum Gasteiger partial charge on any atom is 0.145 e. The van der Waals surface area contributed by atoms with Gasteiger partial charge in [-0.15, -0.1) is 0 Å². The summed E-state index contributed by atoms with van der Waals surface area (Å²) in [6.07, 6.45) is 0. The number of ether oxygens (including phenoxy) is 1. The smallest absolute Gasteiger partial charge is 0.145 e. The van der Waals surface area contributed by atoms with Crippen molar-refractivity contribution in [3.63, 3.8) is 0 Å². The zero-order chi connectivity index (χ0) is 13.8. The van der Waals surface area contributed by atoms with Crippen LogP contribution in [0.15, 0.2) is 36.4 Å². The molecule has 0 heterocycles. The molecule has 0 spiro atoms. The van der Waals surface area contributed by atoms with Gasteiger partial charge in [-0.3, -0.25) is 0 Å². The van der Waals surface area contributed by atoms with E-state index in [2.05, 4.69) is 0 Å². The molecule has 0 radical (unpaired) electrons. The van der Waals surface area contributed by atoms with Crippen LogP contribution in [0.1, 0.15) is 11.1 Å². The normalized spacial score (nSPS) is 9.95. The average molecular weight is 260 g/mol. The number of rotatable bonds is 3. The number of hydrogen-bond acceptors (Lipinski definition) is 3. The van der Waals surface area contributed by atoms with Gasteiger partial charge >= 0.3 is 0 Å². The summed E-state index contributed by atoms with van der Waals surface area (Å²) in [7, 11) is 0. The molecule has 5 heteroatoms. The number of nitrogen functional groups attached to an aromatic ring is 1. The first-order chi connectivity index (χ1) is 9.10. The molecule has 0 saturated heterocycles. The lowest BCUT2D eigenvalue weighted by molar-refractivity contribution is 0.300. The van der Waals surface area contributed by atoms with Gasteiger partial charge in [-0.25, -0.2) is 8.78 Å². The molecule has 0 aliphatic carbocycles. The van der Waals surface area contributed by atoms with E-state index in [0.29, 0.717) is 0 Å². The van der Waals surface area contributed by atoms with Crippen LogP contribution in [0.4, 0.5) is 14.5 Å². The summed E-state index contributed by atoms with van der Waals surface area (Å²) in [6.45, 7) is -0.0921. The summed E-state index contributed by atoms with van der Waals surface area (Å²) >= 11 is 0. The van der Waals surface area contributed by atoms with Gasteiger partial charge in [-0.05, 0) is 24.3 Å². The summed E-state index contributed by atoms with van der Waals surface area (Å²) in [5, 5.41) is 8.62. The van der Waals surface area contributed by atoms with Gasteiger partial charge in [0.05, 0.1) is 17.3 Å². The lowest BCUT2D eigenvalue weighted by atomic mass is 10.1. The number of nitrogens with zero attached hydrogens (tertiary/aromatic N) is 1. The van der Waals surface area contributed by atoms with Crippen LogP contribution >= 0.6 is 0 Å². The van der Waals surface area contributed by atoms with Crippen LogP contribution in [0, 0.1) is 23.0 Å². The second-order valence-electron chi connectivity index (χ2n) is 3.89. The molecule has 3 nitrogen and oxygen atoms in total. The van der Waals surface area contributed by atoms with Crippen LogP contribution < -0.4 is 10.5 Å². The van der Waals surface area contributed by atoms with Crippen molar-refractivity contribution in [3.05, 3.63) is 59.2 Å². The van der Waals surface area contributed by atoms with Gasteiger partial charge in [0.25, 0.3) is 0 Å². The van der Waals surface area contributed by atoms with Crippen LogP contribution in [-0.4, -0.2) is 0 Å². The fraction of sp³-hybridized carbons (Fsp3) is 0.0714. The Morgan fingerprint density at radius 1 is 1.16 bits per heavy atom. The Morgan fingerprint density at radius 2 is 1.95 bits per heavy atom. The molecule has 2 aromatic carbocycles. The molecule has 0 bridgehead atoms. The minimum atomic E-state index is -0.547. The number of benzene rings is 2. The molecule has 2 aromatic rings. The quantitative estimate of drug-likeness (QED) is 0.863. The minimum absolute atomic E-state index is 0.0921. The van der Waals surface area contributed by atoms with Crippen LogP contribution in [0.3, 0.4) is 0 Å². The van der Waals surface area contributed by atoms with E-state index in [1.807, 2.05) is 6.07 Å². The first kappa shape index (κ1) is 12.8. The van der Waals surface area contributed by atoms with Crippen molar-refractivity contribution < 1.29 is 13.5 Å². The van der Waals surface area contributed by atoms with Crippen molar-refractivity contribution in [2.24, 2.45) is 0 Å². The topological polar surface area (TPSA) is 59.0 Å². The third-order valence-electron chi connectivity index (χ3n) is 2.54. The van der Waals surface area contributed by atoms with Gasteiger partial charge in [0, 0.05) is 11.6 Å². The van der Waals surface area contributed by atoms with Crippen molar-refractivity contribution in [2.75, 3.05) is 5.73 Å². The summed E-state index contributed by atoms with van der Waals surface area (Å²) < 4.78 is 31.9. The lowest BCUT2D eigenvalue weighted by Crippen LogP contribution is -2.01. The third-order valence-corrected chi connectivity index (χ3v) is 2.54. The summed E-state index contributed by atoms with van der Waals surface area (Å²) in [6, 6.07) is 9.61. The summed E-state index contributed by atoms with van der Waals surface area (Å²) in [5.74, 6) is -0.873. The van der Waals surface area contributed by atoms with Crippen molar-refractivity contribution in [2.45, 2.75) is 6.61 Å². The predicted molar refractivity (Wildman–Crippen MR) is 66.3 cm³/mol. The Bertz CT molecular complexity index is 650. The Kier molecular flexibility index (Phi) is 3.62. The predicted octanol–water partition coefficient (Wildman–Crippen LogP) is 3.00. The Balaban J connectivity index is 2.15. The van der Waals surface area contributed by atoms with Crippen LogP contribution in [0.2, 0.25) is 0 Å². The minimum Gasteiger partial charge on any atom is -0.487 e. The lowest BCUT2D eigenvalue weighted by Gasteiger charge is -2.09. The highest BCUT2D eigenvalue weighted by Crippen LogP contribution is 2.23. The van der Waals surface area contributed by atoms with E-state index in [0.717, 1.165) is 12.1 Å². The molecule has 2 N–H and O–H groups in total. The standard InChI is InChI=1S/C14H10F2N2O/c15-11-3-4-13(18)14(6-11)19-8-10-2-1-9(7-17)5-12(10)16/h1-6H,8,18H2. The SMILES string of the molecule is N#Cc1ccc(COc2cc(F)ccc2N)c(F)c1. The maximum absolute atomic E-state index is 13.6. The number of nitrogens with two attached hydrogens (primary N) is 1. The van der Waals surface area contributed by atoms with Crippen molar-refractivity contribution in [3.8, 4) is 11.8 Å². The molecule has 19 heavy (non-hydrogen) atoms. The number of anilines is 1. The first-order valence-corrected chi connectivity index (χ1v) is 5.46. The van der Waals surface area contributed by atoms with E-state index in [1.165, 1.54) is 24.3 Å². The van der Waals surface area contributed by atoms with E-state index in [1.54, 1.807) is 0 Å². The molecule has 0 aliphatic heterocycles. The number of nitriles is 1. The molecule has 0 aliphatic rings. The zero-order valence-electron chi connectivity index (χ0n) is 9.86. The van der Waals surface area contributed by atoms with Crippen LogP contribution in [0.25, 0.3) is 0 Å². The maximum atomic E-state index is 13.6. The molecule has 0 amide bonds. The molecule has 0 fully saturated rings. The van der Waals surface area contributed by atoms with E-state index in [4.69, 9.17) is 15.7 Å². The van der Waals surface area contributed by atoms with E-state index in [9.17, 15) is 8.78 Å². The van der Waals surface area contributed by atoms with Gasteiger partial charge in [-0.2, -0.15) is 5.26 Å². The van der Waals surface area contributed by atoms with Crippen LogP contribution in [-0.2, 0) is 6.61 Å². The first-order valence-electron chi connectivity index (χ1n) is 5.46. The molecule has 0 saturated carbocycles. The monoisotopic (exact) mass is 260 g/mol. The number of hydrogen-bond donors (Lipinski definition) is 1. The third kappa shape index (κ3) is 2.99. The number of halogens is 2. The van der Waals surface area contributed by atoms with Gasteiger partial charge in [0.15, 0.2) is 0 Å². The molecule has 0 atom stereocenters. The highest BCUT2D eigenvalue weighted by molar-refractivity contribution is 5.52. The Morgan fingerprint density at radius 3 is 2.63 bits per heavy atom. The second kappa shape index (κ2) is 5.36. The molecule has 96 valence electrons. The van der Waals surface area contributed by atoms with E-state index < -0.39 is 11.6 Å². The van der Waals surface area contributed by atoms with Gasteiger partial charge in [0.2, 0.25) is 0 Å².